The highest BCUT2D eigenvalue weighted by Crippen LogP contribution is 2.18. The third kappa shape index (κ3) is 30.0. The molecular weight excluding hydrogens is 288 g/mol. The highest BCUT2D eigenvalue weighted by Gasteiger charge is 2.19. The fourth-order valence-corrected chi connectivity index (χ4v) is 2.51. The second kappa shape index (κ2) is 13.8. The van der Waals surface area contributed by atoms with Gasteiger partial charge in [-0.25, -0.2) is 0 Å². The normalized spacial score (nSPS) is 11.8. The van der Waals surface area contributed by atoms with Crippen LogP contribution in [0.15, 0.2) is 0 Å². The maximum atomic E-state index is 10.2. The van der Waals surface area contributed by atoms with Crippen LogP contribution >= 0.6 is 0 Å². The quantitative estimate of drug-likeness (QED) is 0.459. The largest absolute Gasteiger partial charge is 0.481 e. The Bertz CT molecular complexity index is 260. The van der Waals surface area contributed by atoms with Crippen LogP contribution < -0.4 is 0 Å². The summed E-state index contributed by atoms with van der Waals surface area (Å²) in [5.41, 5.74) is -0.0312. The lowest BCUT2D eigenvalue weighted by Gasteiger charge is -2.30. The van der Waals surface area contributed by atoms with Gasteiger partial charge in [-0.1, -0.05) is 58.3 Å². The van der Waals surface area contributed by atoms with Crippen LogP contribution in [0.5, 0.6) is 0 Å². The van der Waals surface area contributed by atoms with Gasteiger partial charge in [-0.15, -0.1) is 0 Å². The Morgan fingerprint density at radius 1 is 0.739 bits per heavy atom. The van der Waals surface area contributed by atoms with Gasteiger partial charge in [0.15, 0.2) is 0 Å². The molecule has 23 heavy (non-hydrogen) atoms. The molecule has 1 N–H and O–H groups in total. The molecule has 0 spiro atoms. The molecule has 0 radical (unpaired) electrons. The molecule has 140 valence electrons. The van der Waals surface area contributed by atoms with Crippen molar-refractivity contribution >= 4 is 5.97 Å². The van der Waals surface area contributed by atoms with Crippen LogP contribution in [0.2, 0.25) is 0 Å². The van der Waals surface area contributed by atoms with E-state index >= 15 is 0 Å². The lowest BCUT2D eigenvalue weighted by Crippen LogP contribution is -2.31. The number of rotatable bonds is 10. The van der Waals surface area contributed by atoms with Crippen molar-refractivity contribution in [3.63, 3.8) is 0 Å². The van der Waals surface area contributed by atoms with Crippen LogP contribution in [0.4, 0.5) is 0 Å². The highest BCUT2D eigenvalue weighted by atomic mass is 16.5. The summed E-state index contributed by atoms with van der Waals surface area (Å²) in [7, 11) is 0. The Labute approximate surface area is 145 Å². The Kier molecular flexibility index (Phi) is 14.8. The van der Waals surface area contributed by atoms with E-state index in [9.17, 15) is 4.79 Å². The van der Waals surface area contributed by atoms with Crippen molar-refractivity contribution in [2.24, 2.45) is 0 Å². The standard InChI is InChI=1S/C12H24O2.C8H18O/c1-2-3-4-5-6-7-8-9-10-11-12(13)14;1-7(2,3)9-8(4,5)6/h2-11H2,1H3,(H,13,14);1-6H3. The van der Waals surface area contributed by atoms with Crippen molar-refractivity contribution in [1.29, 1.82) is 0 Å². The monoisotopic (exact) mass is 330 g/mol. The van der Waals surface area contributed by atoms with Gasteiger partial charge < -0.3 is 9.84 Å². The molecule has 0 aliphatic heterocycles. The summed E-state index contributed by atoms with van der Waals surface area (Å²) >= 11 is 0. The molecule has 0 aromatic rings. The molecule has 0 unspecified atom stereocenters. The van der Waals surface area contributed by atoms with Crippen molar-refractivity contribution in [1.82, 2.24) is 0 Å². The molecule has 0 aromatic heterocycles. The van der Waals surface area contributed by atoms with Crippen molar-refractivity contribution in [3.05, 3.63) is 0 Å². The molecule has 0 atom stereocenters. The van der Waals surface area contributed by atoms with Gasteiger partial charge in [-0.2, -0.15) is 0 Å². The van der Waals surface area contributed by atoms with Gasteiger partial charge in [0.2, 0.25) is 0 Å². The minimum absolute atomic E-state index is 0.0156. The van der Waals surface area contributed by atoms with Crippen LogP contribution in [0.25, 0.3) is 0 Å². The van der Waals surface area contributed by atoms with E-state index in [0.29, 0.717) is 6.42 Å². The van der Waals surface area contributed by atoms with E-state index in [-0.39, 0.29) is 11.2 Å². The molecule has 0 bridgehead atoms. The third-order valence-electron chi connectivity index (χ3n) is 3.11. The summed E-state index contributed by atoms with van der Waals surface area (Å²) in [4.78, 5) is 10.2. The molecule has 0 amide bonds. The SMILES string of the molecule is CC(C)(C)OC(C)(C)C.CCCCCCCCCCCC(=O)O. The van der Waals surface area contributed by atoms with E-state index in [4.69, 9.17) is 9.84 Å². The van der Waals surface area contributed by atoms with Crippen molar-refractivity contribution in [3.8, 4) is 0 Å². The fourth-order valence-electron chi connectivity index (χ4n) is 2.51. The van der Waals surface area contributed by atoms with E-state index in [0.717, 1.165) is 12.8 Å². The van der Waals surface area contributed by atoms with Crippen LogP contribution in [-0.4, -0.2) is 22.3 Å². The van der Waals surface area contributed by atoms with E-state index in [1.54, 1.807) is 0 Å². The van der Waals surface area contributed by atoms with Gasteiger partial charge in [0, 0.05) is 6.42 Å². The van der Waals surface area contributed by atoms with Gasteiger partial charge in [0.25, 0.3) is 0 Å². The first-order valence-corrected chi connectivity index (χ1v) is 9.40. The van der Waals surface area contributed by atoms with Gasteiger partial charge >= 0.3 is 5.97 Å². The van der Waals surface area contributed by atoms with E-state index in [1.165, 1.54) is 44.9 Å². The Hall–Kier alpha value is -0.570. The predicted octanol–water partition coefficient (Wildman–Crippen LogP) is 6.59. The molecule has 0 rings (SSSR count). The van der Waals surface area contributed by atoms with Crippen LogP contribution in [0.3, 0.4) is 0 Å². The second-order valence-electron chi connectivity index (χ2n) is 8.30. The van der Waals surface area contributed by atoms with Gasteiger partial charge in [-0.05, 0) is 48.0 Å². The molecule has 3 nitrogen and oxygen atoms in total. The number of ether oxygens (including phenoxy) is 1. The molecular formula is C20H42O3. The van der Waals surface area contributed by atoms with Gasteiger partial charge in [-0.3, -0.25) is 4.79 Å². The summed E-state index contributed by atoms with van der Waals surface area (Å²) in [5, 5.41) is 8.41. The highest BCUT2D eigenvalue weighted by molar-refractivity contribution is 5.66. The summed E-state index contributed by atoms with van der Waals surface area (Å²) in [6, 6.07) is 0. The summed E-state index contributed by atoms with van der Waals surface area (Å²) < 4.78 is 5.62. The molecule has 0 saturated heterocycles. The van der Waals surface area contributed by atoms with Crippen molar-refractivity contribution < 1.29 is 14.6 Å². The number of aliphatic carboxylic acids is 1. The zero-order chi connectivity index (χ0) is 18.4. The fraction of sp³-hybridized carbons (Fsp3) is 0.950. The van der Waals surface area contributed by atoms with Crippen LogP contribution in [-0.2, 0) is 9.53 Å². The average molecular weight is 331 g/mol. The first kappa shape index (κ1) is 24.7. The lowest BCUT2D eigenvalue weighted by atomic mass is 10.1. The minimum atomic E-state index is -0.659. The van der Waals surface area contributed by atoms with E-state index in [2.05, 4.69) is 48.5 Å². The van der Waals surface area contributed by atoms with E-state index < -0.39 is 5.97 Å². The Morgan fingerprint density at radius 2 is 1.09 bits per heavy atom. The van der Waals surface area contributed by atoms with Gasteiger partial charge in [0.05, 0.1) is 11.2 Å². The van der Waals surface area contributed by atoms with Crippen molar-refractivity contribution in [2.45, 2.75) is 124 Å². The molecule has 3 heteroatoms. The molecule has 0 aliphatic rings. The van der Waals surface area contributed by atoms with Gasteiger partial charge in [0.1, 0.15) is 0 Å². The van der Waals surface area contributed by atoms with Crippen LogP contribution in [0.1, 0.15) is 113 Å². The summed E-state index contributed by atoms with van der Waals surface area (Å²) in [6.07, 6.45) is 11.5. The molecule has 0 fully saturated rings. The molecule has 0 aromatic carbocycles. The average Bonchev–Trinajstić information content (AvgIpc) is 2.33. The first-order chi connectivity index (χ1) is 10.5. The third-order valence-corrected chi connectivity index (χ3v) is 3.11. The smallest absolute Gasteiger partial charge is 0.303 e. The number of carbonyl (C=O) groups is 1. The number of hydrogen-bond acceptors (Lipinski definition) is 2. The van der Waals surface area contributed by atoms with Crippen molar-refractivity contribution in [2.75, 3.05) is 0 Å². The maximum Gasteiger partial charge on any atom is 0.303 e. The maximum absolute atomic E-state index is 10.2. The Morgan fingerprint density at radius 3 is 1.35 bits per heavy atom. The topological polar surface area (TPSA) is 46.5 Å². The number of carboxylic acids is 1. The zero-order valence-corrected chi connectivity index (χ0v) is 16.8. The number of carboxylic acid groups (broad SMARTS) is 1. The van der Waals surface area contributed by atoms with E-state index in [1.807, 2.05) is 0 Å². The van der Waals surface area contributed by atoms with Crippen LogP contribution in [0, 0.1) is 0 Å². The summed E-state index contributed by atoms with van der Waals surface area (Å²) in [6.45, 7) is 14.6. The molecule has 0 heterocycles. The Balaban J connectivity index is 0. The summed E-state index contributed by atoms with van der Waals surface area (Å²) in [5.74, 6) is -0.659. The number of hydrogen-bond donors (Lipinski definition) is 1. The minimum Gasteiger partial charge on any atom is -0.481 e. The zero-order valence-electron chi connectivity index (χ0n) is 16.8. The predicted molar refractivity (Wildman–Crippen MR) is 100 cm³/mol. The lowest BCUT2D eigenvalue weighted by molar-refractivity contribution is -0.137. The second-order valence-corrected chi connectivity index (χ2v) is 8.30. The molecule has 0 aliphatic carbocycles. The molecule has 0 saturated carbocycles. The first-order valence-electron chi connectivity index (χ1n) is 9.40. The number of unbranched alkanes of at least 4 members (excludes halogenated alkanes) is 8.